The molecule has 0 amide bonds. The van der Waals surface area contributed by atoms with Crippen molar-refractivity contribution in [3.8, 4) is 0 Å². The summed E-state index contributed by atoms with van der Waals surface area (Å²) in [5, 5.41) is 2.18. The topological polar surface area (TPSA) is 54.9 Å². The lowest BCUT2D eigenvalue weighted by Gasteiger charge is -2.03. The summed E-state index contributed by atoms with van der Waals surface area (Å²) in [5.41, 5.74) is -1.04. The molecule has 0 aliphatic rings. The molecule has 4 nitrogen and oxygen atoms in total. The Morgan fingerprint density at radius 1 is 1.54 bits per heavy atom. The zero-order valence-electron chi connectivity index (χ0n) is 7.72. The van der Waals surface area contributed by atoms with Gasteiger partial charge in [0.05, 0.1) is 0 Å². The van der Waals surface area contributed by atoms with Crippen LogP contribution in [0.5, 0.6) is 0 Å². The number of hydrogen-bond donors (Lipinski definition) is 1. The SMILES string of the molecule is CC(C)C(=O)c1c(F)c(=O)[nH]n1C. The summed E-state index contributed by atoms with van der Waals surface area (Å²) in [6.07, 6.45) is 0. The first-order valence-corrected chi connectivity index (χ1v) is 3.94. The molecule has 0 spiro atoms. The number of carbonyl (C=O) groups excluding carboxylic acids is 1. The van der Waals surface area contributed by atoms with Crippen LogP contribution in [-0.4, -0.2) is 15.6 Å². The zero-order valence-corrected chi connectivity index (χ0v) is 7.72. The van der Waals surface area contributed by atoms with Crippen LogP contribution in [0.1, 0.15) is 24.3 Å². The van der Waals surface area contributed by atoms with Gasteiger partial charge in [0.15, 0.2) is 5.78 Å². The maximum Gasteiger partial charge on any atom is 0.300 e. The fourth-order valence-electron chi connectivity index (χ4n) is 1.06. The van der Waals surface area contributed by atoms with Crippen molar-refractivity contribution in [1.29, 1.82) is 0 Å². The number of hydrogen-bond acceptors (Lipinski definition) is 2. The van der Waals surface area contributed by atoms with Crippen molar-refractivity contribution in [2.45, 2.75) is 13.8 Å². The van der Waals surface area contributed by atoms with Crippen molar-refractivity contribution in [3.63, 3.8) is 0 Å². The van der Waals surface area contributed by atoms with Crippen molar-refractivity contribution in [1.82, 2.24) is 9.78 Å². The Balaban J connectivity index is 3.29. The molecule has 1 aromatic heterocycles. The van der Waals surface area contributed by atoms with Crippen LogP contribution in [0.3, 0.4) is 0 Å². The van der Waals surface area contributed by atoms with Gasteiger partial charge in [0.2, 0.25) is 5.82 Å². The average molecular weight is 186 g/mol. The van der Waals surface area contributed by atoms with Crippen LogP contribution in [-0.2, 0) is 7.05 Å². The molecule has 0 radical (unpaired) electrons. The highest BCUT2D eigenvalue weighted by Crippen LogP contribution is 2.08. The molecule has 0 atom stereocenters. The Labute approximate surface area is 74.4 Å². The summed E-state index contributed by atoms with van der Waals surface area (Å²) < 4.78 is 14.2. The average Bonchev–Trinajstić information content (AvgIpc) is 2.26. The van der Waals surface area contributed by atoms with Crippen molar-refractivity contribution in [2.24, 2.45) is 13.0 Å². The van der Waals surface area contributed by atoms with Crippen molar-refractivity contribution in [3.05, 3.63) is 21.9 Å². The first-order chi connectivity index (χ1) is 5.95. The monoisotopic (exact) mass is 186 g/mol. The van der Waals surface area contributed by atoms with E-state index in [9.17, 15) is 14.0 Å². The van der Waals surface area contributed by atoms with E-state index in [4.69, 9.17) is 0 Å². The van der Waals surface area contributed by atoms with Gasteiger partial charge >= 0.3 is 5.56 Å². The van der Waals surface area contributed by atoms with Gasteiger partial charge < -0.3 is 0 Å². The Hall–Kier alpha value is -1.39. The van der Waals surface area contributed by atoms with E-state index in [1.54, 1.807) is 13.8 Å². The first-order valence-electron chi connectivity index (χ1n) is 3.94. The van der Waals surface area contributed by atoms with Crippen LogP contribution in [0, 0.1) is 11.7 Å². The minimum Gasteiger partial charge on any atom is -0.292 e. The van der Waals surface area contributed by atoms with Gasteiger partial charge in [0.25, 0.3) is 0 Å². The van der Waals surface area contributed by atoms with Gasteiger partial charge in [-0.2, -0.15) is 4.39 Å². The van der Waals surface area contributed by atoms with Gasteiger partial charge in [-0.3, -0.25) is 19.4 Å². The first kappa shape index (κ1) is 9.70. The van der Waals surface area contributed by atoms with E-state index in [1.165, 1.54) is 7.05 Å². The van der Waals surface area contributed by atoms with Crippen LogP contribution in [0.25, 0.3) is 0 Å². The number of aromatic amines is 1. The van der Waals surface area contributed by atoms with Crippen molar-refractivity contribution < 1.29 is 9.18 Å². The number of ketones is 1. The molecule has 1 aromatic rings. The molecule has 0 aromatic carbocycles. The molecule has 0 saturated heterocycles. The third kappa shape index (κ3) is 1.54. The van der Waals surface area contributed by atoms with E-state index >= 15 is 0 Å². The number of Topliss-reactive ketones (excluding diaryl/α,β-unsaturated/α-hetero) is 1. The molecule has 1 N–H and O–H groups in total. The number of nitrogens with zero attached hydrogens (tertiary/aromatic N) is 1. The molecular formula is C8H11FN2O2. The largest absolute Gasteiger partial charge is 0.300 e. The number of nitrogens with one attached hydrogen (secondary N) is 1. The van der Waals surface area contributed by atoms with Crippen molar-refractivity contribution in [2.75, 3.05) is 0 Å². The molecule has 1 rings (SSSR count). The standard InChI is InChI=1S/C8H11FN2O2/c1-4(2)7(12)6-5(9)8(13)10-11(6)3/h4H,1-3H3,(H,10,13). The van der Waals surface area contributed by atoms with Crippen molar-refractivity contribution >= 4 is 5.78 Å². The summed E-state index contributed by atoms with van der Waals surface area (Å²) in [6.45, 7) is 3.30. The lowest BCUT2D eigenvalue weighted by atomic mass is 10.1. The Morgan fingerprint density at radius 3 is 2.38 bits per heavy atom. The van der Waals surface area contributed by atoms with Crippen LogP contribution in [0.4, 0.5) is 4.39 Å². The lowest BCUT2D eigenvalue weighted by molar-refractivity contribution is 0.0925. The number of rotatable bonds is 2. The quantitative estimate of drug-likeness (QED) is 0.691. The molecule has 72 valence electrons. The molecule has 0 unspecified atom stereocenters. The molecule has 13 heavy (non-hydrogen) atoms. The highest BCUT2D eigenvalue weighted by molar-refractivity contribution is 5.96. The molecule has 0 saturated carbocycles. The summed E-state index contributed by atoms with van der Waals surface area (Å²) in [6, 6.07) is 0. The van der Waals surface area contributed by atoms with E-state index < -0.39 is 11.4 Å². The number of aryl methyl sites for hydroxylation is 1. The lowest BCUT2D eigenvalue weighted by Crippen LogP contribution is -2.14. The molecule has 0 fully saturated rings. The number of halogens is 1. The Morgan fingerprint density at radius 2 is 2.08 bits per heavy atom. The second-order valence-electron chi connectivity index (χ2n) is 3.18. The fraction of sp³-hybridized carbons (Fsp3) is 0.500. The van der Waals surface area contributed by atoms with Crippen LogP contribution in [0.2, 0.25) is 0 Å². The predicted octanol–water partition coefficient (Wildman–Crippen LogP) is 0.691. The number of aromatic nitrogens is 2. The second-order valence-corrected chi connectivity index (χ2v) is 3.18. The van der Waals surface area contributed by atoms with Crippen LogP contribution < -0.4 is 5.56 Å². The summed E-state index contributed by atoms with van der Waals surface area (Å²) in [5.74, 6) is -1.70. The maximum atomic E-state index is 13.0. The van der Waals surface area contributed by atoms with Gasteiger partial charge in [-0.25, -0.2) is 0 Å². The summed E-state index contributed by atoms with van der Waals surface area (Å²) >= 11 is 0. The normalized spacial score (nSPS) is 10.8. The third-order valence-electron chi connectivity index (χ3n) is 1.77. The van der Waals surface area contributed by atoms with E-state index in [0.29, 0.717) is 0 Å². The van der Waals surface area contributed by atoms with E-state index in [2.05, 4.69) is 5.10 Å². The fourth-order valence-corrected chi connectivity index (χ4v) is 1.06. The highest BCUT2D eigenvalue weighted by atomic mass is 19.1. The predicted molar refractivity (Wildman–Crippen MR) is 45.2 cm³/mol. The zero-order chi connectivity index (χ0) is 10.2. The summed E-state index contributed by atoms with van der Waals surface area (Å²) in [4.78, 5) is 22.2. The molecule has 0 bridgehead atoms. The molecule has 1 heterocycles. The van der Waals surface area contributed by atoms with Gasteiger partial charge in [-0.05, 0) is 0 Å². The number of H-pyrrole nitrogens is 1. The van der Waals surface area contributed by atoms with Gasteiger partial charge in [-0.1, -0.05) is 13.8 Å². The van der Waals surface area contributed by atoms with Gasteiger partial charge in [0.1, 0.15) is 5.69 Å². The molecule has 0 aliphatic carbocycles. The molecule has 0 aliphatic heterocycles. The highest BCUT2D eigenvalue weighted by Gasteiger charge is 2.21. The Kier molecular flexibility index (Phi) is 2.36. The van der Waals surface area contributed by atoms with Crippen LogP contribution in [0.15, 0.2) is 4.79 Å². The van der Waals surface area contributed by atoms with Gasteiger partial charge in [0, 0.05) is 13.0 Å². The van der Waals surface area contributed by atoms with E-state index in [-0.39, 0.29) is 17.4 Å². The van der Waals surface area contributed by atoms with Crippen LogP contribution >= 0.6 is 0 Å². The third-order valence-corrected chi connectivity index (χ3v) is 1.77. The minimum absolute atomic E-state index is 0.181. The molecule has 5 heteroatoms. The minimum atomic E-state index is -0.999. The summed E-state index contributed by atoms with van der Waals surface area (Å²) in [7, 11) is 1.43. The van der Waals surface area contributed by atoms with E-state index in [1.807, 2.05) is 0 Å². The van der Waals surface area contributed by atoms with E-state index in [0.717, 1.165) is 4.68 Å². The molecular weight excluding hydrogens is 175 g/mol. The van der Waals surface area contributed by atoms with Gasteiger partial charge in [-0.15, -0.1) is 0 Å². The maximum absolute atomic E-state index is 13.0. The smallest absolute Gasteiger partial charge is 0.292 e. The Bertz CT molecular complexity index is 389. The second kappa shape index (κ2) is 3.16. The number of carbonyl (C=O) groups is 1.